The summed E-state index contributed by atoms with van der Waals surface area (Å²) in [6.07, 6.45) is 2.03. The number of aryl methyl sites for hydroxylation is 1. The summed E-state index contributed by atoms with van der Waals surface area (Å²) in [5.41, 5.74) is -0.516. The van der Waals surface area contributed by atoms with Gasteiger partial charge in [-0.2, -0.15) is 4.98 Å². The standard InChI is InChI=1S/C14H17N5O4/c1-7-9(13(21)17-14(22)15-7)5-11(20)19(2)6-10-16-12(18-23-10)8-3-4-8/h8H,3-6H2,1-2H3,(H2,15,17,21,22). The van der Waals surface area contributed by atoms with Crippen LogP contribution >= 0.6 is 0 Å². The fraction of sp³-hybridized carbons (Fsp3) is 0.500. The van der Waals surface area contributed by atoms with Crippen molar-refractivity contribution >= 4 is 5.91 Å². The highest BCUT2D eigenvalue weighted by molar-refractivity contribution is 5.78. The molecule has 1 aliphatic carbocycles. The van der Waals surface area contributed by atoms with E-state index in [2.05, 4.69) is 20.1 Å². The summed E-state index contributed by atoms with van der Waals surface area (Å²) in [5, 5.41) is 3.89. The van der Waals surface area contributed by atoms with Crippen LogP contribution in [0.15, 0.2) is 14.1 Å². The molecule has 3 rings (SSSR count). The average Bonchev–Trinajstić information content (AvgIpc) is 3.23. The van der Waals surface area contributed by atoms with Crippen LogP contribution in [-0.4, -0.2) is 38.0 Å². The minimum Gasteiger partial charge on any atom is -0.337 e. The zero-order chi connectivity index (χ0) is 16.6. The van der Waals surface area contributed by atoms with Gasteiger partial charge < -0.3 is 14.4 Å². The van der Waals surface area contributed by atoms with Gasteiger partial charge in [0.05, 0.1) is 13.0 Å². The van der Waals surface area contributed by atoms with E-state index < -0.39 is 11.2 Å². The molecule has 0 saturated heterocycles. The Balaban J connectivity index is 1.67. The number of aromatic nitrogens is 4. The Bertz CT molecular complexity index is 845. The third-order valence-corrected chi connectivity index (χ3v) is 3.81. The highest BCUT2D eigenvalue weighted by Gasteiger charge is 2.29. The number of H-pyrrole nitrogens is 2. The first-order valence-electron chi connectivity index (χ1n) is 7.32. The van der Waals surface area contributed by atoms with Gasteiger partial charge in [-0.3, -0.25) is 14.6 Å². The normalized spacial score (nSPS) is 14.0. The average molecular weight is 319 g/mol. The summed E-state index contributed by atoms with van der Waals surface area (Å²) < 4.78 is 5.13. The molecule has 23 heavy (non-hydrogen) atoms. The number of likely N-dealkylation sites (N-methyl/N-ethyl adjacent to an activating group) is 1. The third kappa shape index (κ3) is 3.38. The monoisotopic (exact) mass is 319 g/mol. The molecule has 0 aromatic carbocycles. The van der Waals surface area contributed by atoms with Gasteiger partial charge >= 0.3 is 5.69 Å². The number of carbonyl (C=O) groups is 1. The molecule has 2 heterocycles. The molecule has 2 N–H and O–H groups in total. The van der Waals surface area contributed by atoms with Crippen molar-refractivity contribution in [2.75, 3.05) is 7.05 Å². The molecule has 1 saturated carbocycles. The molecule has 2 aromatic rings. The van der Waals surface area contributed by atoms with E-state index in [1.807, 2.05) is 0 Å². The topological polar surface area (TPSA) is 125 Å². The van der Waals surface area contributed by atoms with E-state index in [0.29, 0.717) is 23.3 Å². The zero-order valence-electron chi connectivity index (χ0n) is 12.9. The van der Waals surface area contributed by atoms with Gasteiger partial charge in [0.1, 0.15) is 0 Å². The van der Waals surface area contributed by atoms with Crippen LogP contribution in [0, 0.1) is 6.92 Å². The summed E-state index contributed by atoms with van der Waals surface area (Å²) in [6, 6.07) is 0. The van der Waals surface area contributed by atoms with E-state index in [-0.39, 0.29) is 24.4 Å². The van der Waals surface area contributed by atoms with Gasteiger partial charge in [-0.15, -0.1) is 0 Å². The van der Waals surface area contributed by atoms with Gasteiger partial charge in [-0.1, -0.05) is 5.16 Å². The quantitative estimate of drug-likeness (QED) is 0.788. The molecule has 0 radical (unpaired) electrons. The van der Waals surface area contributed by atoms with Crippen LogP contribution in [0.1, 0.15) is 41.7 Å². The number of nitrogens with zero attached hydrogens (tertiary/aromatic N) is 3. The second-order valence-electron chi connectivity index (χ2n) is 5.76. The fourth-order valence-electron chi connectivity index (χ4n) is 2.26. The molecule has 0 spiro atoms. The number of hydrogen-bond donors (Lipinski definition) is 2. The molecule has 0 aliphatic heterocycles. The Labute approximate surface area is 130 Å². The first-order chi connectivity index (χ1) is 10.9. The number of hydrogen-bond acceptors (Lipinski definition) is 6. The van der Waals surface area contributed by atoms with Crippen molar-refractivity contribution in [1.29, 1.82) is 0 Å². The van der Waals surface area contributed by atoms with Gasteiger partial charge in [0.2, 0.25) is 11.8 Å². The Morgan fingerprint density at radius 2 is 2.09 bits per heavy atom. The molecule has 1 aliphatic rings. The maximum Gasteiger partial charge on any atom is 0.325 e. The van der Waals surface area contributed by atoms with Crippen molar-refractivity contribution in [3.05, 3.63) is 43.8 Å². The number of amides is 1. The molecule has 2 aromatic heterocycles. The Morgan fingerprint density at radius 1 is 1.35 bits per heavy atom. The van der Waals surface area contributed by atoms with Gasteiger partial charge in [-0.25, -0.2) is 4.79 Å². The first kappa shape index (κ1) is 15.2. The van der Waals surface area contributed by atoms with Gasteiger partial charge in [-0.05, 0) is 19.8 Å². The van der Waals surface area contributed by atoms with Crippen LogP contribution in [0.2, 0.25) is 0 Å². The van der Waals surface area contributed by atoms with Gasteiger partial charge in [0.15, 0.2) is 5.82 Å². The lowest BCUT2D eigenvalue weighted by Crippen LogP contribution is -2.33. The van der Waals surface area contributed by atoms with Gasteiger partial charge in [0, 0.05) is 24.2 Å². The maximum atomic E-state index is 12.3. The van der Waals surface area contributed by atoms with Crippen LogP contribution in [0.3, 0.4) is 0 Å². The SMILES string of the molecule is Cc1[nH]c(=O)[nH]c(=O)c1CC(=O)N(C)Cc1nc(C2CC2)no1. The predicted molar refractivity (Wildman–Crippen MR) is 78.9 cm³/mol. The molecule has 9 nitrogen and oxygen atoms in total. The van der Waals surface area contributed by atoms with Crippen LogP contribution < -0.4 is 11.2 Å². The van der Waals surface area contributed by atoms with Crippen molar-refractivity contribution in [3.63, 3.8) is 0 Å². The van der Waals surface area contributed by atoms with Gasteiger partial charge in [0.25, 0.3) is 5.56 Å². The largest absolute Gasteiger partial charge is 0.337 e. The van der Waals surface area contributed by atoms with E-state index in [9.17, 15) is 14.4 Å². The minimum absolute atomic E-state index is 0.113. The van der Waals surface area contributed by atoms with Crippen molar-refractivity contribution in [1.82, 2.24) is 25.0 Å². The first-order valence-corrected chi connectivity index (χ1v) is 7.32. The predicted octanol–water partition coefficient (Wildman–Crippen LogP) is -0.167. The smallest absolute Gasteiger partial charge is 0.325 e. The van der Waals surface area contributed by atoms with Crippen LogP contribution in [0.25, 0.3) is 0 Å². The van der Waals surface area contributed by atoms with Crippen molar-refractivity contribution in [2.24, 2.45) is 0 Å². The summed E-state index contributed by atoms with van der Waals surface area (Å²) >= 11 is 0. The van der Waals surface area contributed by atoms with E-state index >= 15 is 0 Å². The zero-order valence-corrected chi connectivity index (χ0v) is 12.9. The number of aromatic amines is 2. The molecule has 1 amide bonds. The van der Waals surface area contributed by atoms with Crippen LogP contribution in [-0.2, 0) is 17.8 Å². The summed E-state index contributed by atoms with van der Waals surface area (Å²) in [6.45, 7) is 1.76. The molecule has 0 unspecified atom stereocenters. The lowest BCUT2D eigenvalue weighted by atomic mass is 10.1. The Morgan fingerprint density at radius 3 is 2.74 bits per heavy atom. The third-order valence-electron chi connectivity index (χ3n) is 3.81. The highest BCUT2D eigenvalue weighted by atomic mass is 16.5. The molecular weight excluding hydrogens is 302 g/mol. The lowest BCUT2D eigenvalue weighted by Gasteiger charge is -2.14. The minimum atomic E-state index is -0.587. The lowest BCUT2D eigenvalue weighted by molar-refractivity contribution is -0.130. The molecule has 9 heteroatoms. The van der Waals surface area contributed by atoms with Crippen molar-refractivity contribution in [2.45, 2.75) is 38.6 Å². The number of nitrogens with one attached hydrogen (secondary N) is 2. The second kappa shape index (κ2) is 5.82. The van der Waals surface area contributed by atoms with E-state index in [0.717, 1.165) is 12.8 Å². The fourth-order valence-corrected chi connectivity index (χ4v) is 2.26. The second-order valence-corrected chi connectivity index (χ2v) is 5.76. The molecule has 0 bridgehead atoms. The van der Waals surface area contributed by atoms with E-state index in [1.54, 1.807) is 14.0 Å². The molecular formula is C14H17N5O4. The van der Waals surface area contributed by atoms with Crippen molar-refractivity contribution in [3.8, 4) is 0 Å². The van der Waals surface area contributed by atoms with E-state index in [1.165, 1.54) is 4.90 Å². The van der Waals surface area contributed by atoms with E-state index in [4.69, 9.17) is 4.52 Å². The summed E-state index contributed by atoms with van der Waals surface area (Å²) in [4.78, 5) is 45.4. The molecule has 1 fully saturated rings. The van der Waals surface area contributed by atoms with Crippen LogP contribution in [0.4, 0.5) is 0 Å². The summed E-state index contributed by atoms with van der Waals surface area (Å²) in [5.74, 6) is 1.16. The Kier molecular flexibility index (Phi) is 3.85. The number of rotatable bonds is 5. The number of carbonyl (C=O) groups excluding carboxylic acids is 1. The molecule has 0 atom stereocenters. The van der Waals surface area contributed by atoms with Crippen LogP contribution in [0.5, 0.6) is 0 Å². The van der Waals surface area contributed by atoms with Crippen molar-refractivity contribution < 1.29 is 9.32 Å². The highest BCUT2D eigenvalue weighted by Crippen LogP contribution is 2.38. The maximum absolute atomic E-state index is 12.3. The Hall–Kier alpha value is -2.71. The molecule has 122 valence electrons. The summed E-state index contributed by atoms with van der Waals surface area (Å²) in [7, 11) is 1.60.